The number of carbonyl (C=O) groups is 1. The number of unbranched alkanes of at least 4 members (excludes halogenated alkanes) is 1. The van der Waals surface area contributed by atoms with Crippen LogP contribution in [0.4, 0.5) is 16.2 Å². The zero-order chi connectivity index (χ0) is 17.5. The maximum absolute atomic E-state index is 11.7. The minimum absolute atomic E-state index is 0.00994. The number of nitrogens with one attached hydrogen (secondary N) is 1. The van der Waals surface area contributed by atoms with E-state index in [1.165, 1.54) is 0 Å². The van der Waals surface area contributed by atoms with Gasteiger partial charge in [0.1, 0.15) is 0 Å². The summed E-state index contributed by atoms with van der Waals surface area (Å²) < 4.78 is 15.9. The van der Waals surface area contributed by atoms with Crippen LogP contribution < -0.4 is 10.3 Å². The minimum Gasteiger partial charge on any atom is -0.449 e. The molecule has 1 aliphatic heterocycles. The highest BCUT2D eigenvalue weighted by molar-refractivity contribution is 5.86. The highest BCUT2D eigenvalue weighted by atomic mass is 16.7. The molecule has 1 aromatic carbocycles. The van der Waals surface area contributed by atoms with Gasteiger partial charge in [-0.05, 0) is 51.0 Å². The molecule has 1 heterocycles. The number of anilines is 2. The fourth-order valence-electron chi connectivity index (χ4n) is 2.07. The predicted octanol–water partition coefficient (Wildman–Crippen LogP) is 3.83. The van der Waals surface area contributed by atoms with E-state index in [2.05, 4.69) is 10.4 Å². The number of hydrogen-bond donors (Lipinski definition) is 1. The fourth-order valence-corrected chi connectivity index (χ4v) is 2.07. The highest BCUT2D eigenvalue weighted by Gasteiger charge is 2.20. The number of amides is 1. The summed E-state index contributed by atoms with van der Waals surface area (Å²) in [5, 5.41) is 8.73. The average Bonchev–Trinajstić information content (AvgIpc) is 2.97. The Bertz CT molecular complexity index is 601. The topological polar surface area (TPSA) is 72.4 Å². The third-order valence-corrected chi connectivity index (χ3v) is 3.33. The lowest BCUT2D eigenvalue weighted by atomic mass is 10.2. The second kappa shape index (κ2) is 8.42. The number of hydrazone groups is 1. The molecule has 0 unspecified atom stereocenters. The first kappa shape index (κ1) is 17.9. The SMILES string of the molecule is CCCCOC(=O)Nc1ccc(N2COC(OC(C)C)=N2)cc1C. The molecule has 1 aliphatic rings. The standard InChI is InChI=1S/C17H25N3O4/c1-5-6-9-22-16(21)18-15-8-7-14(10-13(15)4)20-11-23-17(19-20)24-12(2)3/h7-8,10,12H,5-6,9,11H2,1-4H3,(H,18,21). The Kier molecular flexibility index (Phi) is 6.28. The molecule has 24 heavy (non-hydrogen) atoms. The first-order valence-electron chi connectivity index (χ1n) is 8.19. The van der Waals surface area contributed by atoms with E-state index in [0.717, 1.165) is 24.1 Å². The molecular formula is C17H25N3O4. The number of benzene rings is 1. The summed E-state index contributed by atoms with van der Waals surface area (Å²) in [6.07, 6.45) is 1.69. The van der Waals surface area contributed by atoms with Crippen molar-refractivity contribution in [3.05, 3.63) is 23.8 Å². The van der Waals surface area contributed by atoms with E-state index in [1.54, 1.807) is 5.01 Å². The molecule has 1 aromatic rings. The van der Waals surface area contributed by atoms with Crippen LogP contribution in [0.2, 0.25) is 0 Å². The number of carbonyl (C=O) groups excluding carboxylic acids is 1. The maximum atomic E-state index is 11.7. The van der Waals surface area contributed by atoms with E-state index >= 15 is 0 Å². The second-order valence-corrected chi connectivity index (χ2v) is 5.82. The van der Waals surface area contributed by atoms with Gasteiger partial charge in [0.15, 0.2) is 6.73 Å². The molecular weight excluding hydrogens is 310 g/mol. The molecule has 0 bridgehead atoms. The zero-order valence-electron chi connectivity index (χ0n) is 14.7. The van der Waals surface area contributed by atoms with Crippen LogP contribution >= 0.6 is 0 Å². The smallest absolute Gasteiger partial charge is 0.411 e. The average molecular weight is 335 g/mol. The van der Waals surface area contributed by atoms with E-state index in [4.69, 9.17) is 14.2 Å². The van der Waals surface area contributed by atoms with Crippen molar-refractivity contribution in [2.45, 2.75) is 46.6 Å². The Morgan fingerprint density at radius 1 is 1.46 bits per heavy atom. The van der Waals surface area contributed by atoms with E-state index in [0.29, 0.717) is 19.0 Å². The first-order chi connectivity index (χ1) is 11.5. The summed E-state index contributed by atoms with van der Waals surface area (Å²) in [6, 6.07) is 5.61. The minimum atomic E-state index is -0.436. The van der Waals surface area contributed by atoms with Gasteiger partial charge < -0.3 is 14.2 Å². The molecule has 7 heteroatoms. The van der Waals surface area contributed by atoms with Crippen molar-refractivity contribution in [2.75, 3.05) is 23.7 Å². The molecule has 0 saturated carbocycles. The van der Waals surface area contributed by atoms with Crippen molar-refractivity contribution in [2.24, 2.45) is 5.10 Å². The molecule has 132 valence electrons. The molecule has 1 N–H and O–H groups in total. The van der Waals surface area contributed by atoms with Gasteiger partial charge in [-0.25, -0.2) is 9.80 Å². The van der Waals surface area contributed by atoms with Crippen molar-refractivity contribution < 1.29 is 19.0 Å². The molecule has 0 radical (unpaired) electrons. The Hall–Kier alpha value is -2.44. The first-order valence-corrected chi connectivity index (χ1v) is 8.19. The molecule has 0 spiro atoms. The third-order valence-electron chi connectivity index (χ3n) is 3.33. The number of nitrogens with zero attached hydrogens (tertiary/aromatic N) is 2. The molecule has 0 atom stereocenters. The van der Waals surface area contributed by atoms with Crippen LogP contribution in [0.3, 0.4) is 0 Å². The highest BCUT2D eigenvalue weighted by Crippen LogP contribution is 2.25. The number of aryl methyl sites for hydroxylation is 1. The van der Waals surface area contributed by atoms with Crippen LogP contribution in [0.1, 0.15) is 39.2 Å². The summed E-state index contributed by atoms with van der Waals surface area (Å²) in [5.74, 6) is 0. The van der Waals surface area contributed by atoms with Crippen LogP contribution in [-0.2, 0) is 14.2 Å². The van der Waals surface area contributed by atoms with Crippen LogP contribution in [0.5, 0.6) is 0 Å². The fraction of sp³-hybridized carbons (Fsp3) is 0.529. The summed E-state index contributed by atoms with van der Waals surface area (Å²) in [4.78, 5) is 11.7. The summed E-state index contributed by atoms with van der Waals surface area (Å²) in [6.45, 7) is 8.52. The van der Waals surface area contributed by atoms with Gasteiger partial charge in [-0.15, -0.1) is 0 Å². The van der Waals surface area contributed by atoms with Gasteiger partial charge in [0.25, 0.3) is 0 Å². The Balaban J connectivity index is 1.97. The van der Waals surface area contributed by atoms with E-state index < -0.39 is 6.09 Å². The predicted molar refractivity (Wildman–Crippen MR) is 93.1 cm³/mol. The Morgan fingerprint density at radius 2 is 2.25 bits per heavy atom. The normalized spacial score (nSPS) is 13.5. The lowest BCUT2D eigenvalue weighted by Gasteiger charge is -2.14. The number of rotatable bonds is 6. The second-order valence-electron chi connectivity index (χ2n) is 5.82. The largest absolute Gasteiger partial charge is 0.449 e. The lowest BCUT2D eigenvalue weighted by Crippen LogP contribution is -2.16. The van der Waals surface area contributed by atoms with E-state index in [1.807, 2.05) is 45.9 Å². The van der Waals surface area contributed by atoms with Crippen LogP contribution in [0, 0.1) is 6.92 Å². The molecule has 0 aromatic heterocycles. The van der Waals surface area contributed by atoms with Gasteiger partial charge in [0.2, 0.25) is 0 Å². The zero-order valence-corrected chi connectivity index (χ0v) is 14.7. The molecule has 1 amide bonds. The van der Waals surface area contributed by atoms with Crippen molar-refractivity contribution >= 4 is 23.6 Å². The monoisotopic (exact) mass is 335 g/mol. The molecule has 0 aliphatic carbocycles. The van der Waals surface area contributed by atoms with Crippen LogP contribution in [-0.4, -0.2) is 31.6 Å². The summed E-state index contributed by atoms with van der Waals surface area (Å²) in [7, 11) is 0. The van der Waals surface area contributed by atoms with Crippen LogP contribution in [0.25, 0.3) is 0 Å². The van der Waals surface area contributed by atoms with Gasteiger partial charge in [0, 0.05) is 5.69 Å². The third kappa shape index (κ3) is 5.04. The van der Waals surface area contributed by atoms with Crippen molar-refractivity contribution in [3.8, 4) is 0 Å². The van der Waals surface area contributed by atoms with Crippen LogP contribution in [0.15, 0.2) is 23.3 Å². The molecule has 2 rings (SSSR count). The Morgan fingerprint density at radius 3 is 2.92 bits per heavy atom. The maximum Gasteiger partial charge on any atom is 0.411 e. The van der Waals surface area contributed by atoms with Gasteiger partial charge in [0.05, 0.1) is 18.4 Å². The summed E-state index contributed by atoms with van der Waals surface area (Å²) >= 11 is 0. The quantitative estimate of drug-likeness (QED) is 0.800. The van der Waals surface area contributed by atoms with E-state index in [-0.39, 0.29) is 12.2 Å². The lowest BCUT2D eigenvalue weighted by molar-refractivity contribution is 0.146. The van der Waals surface area contributed by atoms with Gasteiger partial charge in [-0.3, -0.25) is 5.32 Å². The van der Waals surface area contributed by atoms with Crippen molar-refractivity contribution in [3.63, 3.8) is 0 Å². The molecule has 0 fully saturated rings. The van der Waals surface area contributed by atoms with Gasteiger partial charge >= 0.3 is 12.2 Å². The van der Waals surface area contributed by atoms with Gasteiger partial charge in [-0.1, -0.05) is 18.4 Å². The van der Waals surface area contributed by atoms with E-state index in [9.17, 15) is 4.79 Å². The summed E-state index contributed by atoms with van der Waals surface area (Å²) in [5.41, 5.74) is 2.48. The van der Waals surface area contributed by atoms with Crippen molar-refractivity contribution in [1.29, 1.82) is 0 Å². The molecule has 7 nitrogen and oxygen atoms in total. The Labute approximate surface area is 142 Å². The number of hydrogen-bond acceptors (Lipinski definition) is 6. The van der Waals surface area contributed by atoms with Crippen molar-refractivity contribution in [1.82, 2.24) is 0 Å². The molecule has 0 saturated heterocycles. The number of ether oxygens (including phenoxy) is 3. The van der Waals surface area contributed by atoms with Gasteiger partial charge in [-0.2, -0.15) is 0 Å².